The average molecular weight is 338 g/mol. The second-order valence-corrected chi connectivity index (χ2v) is 7.57. The number of imidazole rings is 1. The fourth-order valence-corrected chi connectivity index (χ4v) is 3.09. The van der Waals surface area contributed by atoms with E-state index in [1.54, 1.807) is 0 Å². The van der Waals surface area contributed by atoms with Gasteiger partial charge in [-0.15, -0.1) is 0 Å². The highest BCUT2D eigenvalue weighted by molar-refractivity contribution is 5.99. The molecular weight excluding hydrogens is 312 g/mol. The van der Waals surface area contributed by atoms with E-state index in [0.717, 1.165) is 33.8 Å². The van der Waals surface area contributed by atoms with Crippen LogP contribution in [0.25, 0.3) is 22.6 Å². The lowest BCUT2D eigenvalue weighted by atomic mass is 10.1. The molecule has 0 aliphatic heterocycles. The number of nitrogens with one attached hydrogen (secondary N) is 1. The number of anilines is 1. The summed E-state index contributed by atoms with van der Waals surface area (Å²) in [7, 11) is 4.03. The Kier molecular flexibility index (Phi) is 4.19. The van der Waals surface area contributed by atoms with Crippen LogP contribution in [-0.2, 0) is 14.1 Å². The van der Waals surface area contributed by atoms with Crippen LogP contribution in [0.5, 0.6) is 0 Å². The van der Waals surface area contributed by atoms with E-state index in [0.29, 0.717) is 6.42 Å². The van der Waals surface area contributed by atoms with Crippen molar-refractivity contribution >= 4 is 22.5 Å². The Morgan fingerprint density at radius 1 is 1.20 bits per heavy atom. The molecule has 0 aliphatic rings. The zero-order valence-electron chi connectivity index (χ0n) is 15.8. The molecule has 0 saturated carbocycles. The lowest BCUT2D eigenvalue weighted by Crippen LogP contribution is -2.25. The summed E-state index contributed by atoms with van der Waals surface area (Å²) in [4.78, 5) is 16.8. The molecule has 3 aromatic rings. The monoisotopic (exact) mass is 338 g/mol. The lowest BCUT2D eigenvalue weighted by molar-refractivity contribution is 0.0988. The van der Waals surface area contributed by atoms with E-state index in [1.807, 2.05) is 39.2 Å². The Hall–Kier alpha value is -2.56. The van der Waals surface area contributed by atoms with Gasteiger partial charge in [0.25, 0.3) is 0 Å². The van der Waals surface area contributed by atoms with Gasteiger partial charge in [-0.2, -0.15) is 0 Å². The average Bonchev–Trinajstić information content (AvgIpc) is 3.04. The molecule has 132 valence electrons. The van der Waals surface area contributed by atoms with Gasteiger partial charge in [0.1, 0.15) is 0 Å². The Bertz CT molecular complexity index is 941. The normalized spacial score (nSPS) is 11.9. The molecule has 0 amide bonds. The second-order valence-electron chi connectivity index (χ2n) is 7.57. The summed E-state index contributed by atoms with van der Waals surface area (Å²) in [6, 6.07) is 7.87. The van der Waals surface area contributed by atoms with Crippen molar-refractivity contribution in [1.29, 1.82) is 0 Å². The van der Waals surface area contributed by atoms with Gasteiger partial charge in [0.15, 0.2) is 11.6 Å². The molecule has 2 aromatic heterocycles. The fraction of sp³-hybridized carbons (Fsp3) is 0.400. The predicted octanol–water partition coefficient (Wildman–Crippen LogP) is 4.38. The maximum absolute atomic E-state index is 12.0. The van der Waals surface area contributed by atoms with Crippen LogP contribution in [0.2, 0.25) is 0 Å². The molecule has 0 radical (unpaired) electrons. The van der Waals surface area contributed by atoms with Crippen molar-refractivity contribution in [3.63, 3.8) is 0 Å². The van der Waals surface area contributed by atoms with Crippen molar-refractivity contribution < 1.29 is 4.79 Å². The topological polar surface area (TPSA) is 51.9 Å². The number of hydrogen-bond acceptors (Lipinski definition) is 3. The van der Waals surface area contributed by atoms with Gasteiger partial charge in [-0.1, -0.05) is 6.92 Å². The maximum atomic E-state index is 12.0. The van der Waals surface area contributed by atoms with Gasteiger partial charge in [0.2, 0.25) is 0 Å². The van der Waals surface area contributed by atoms with Crippen LogP contribution in [0.3, 0.4) is 0 Å². The van der Waals surface area contributed by atoms with Gasteiger partial charge in [0.05, 0.1) is 22.4 Å². The first-order chi connectivity index (χ1) is 11.7. The number of carbonyl (C=O) groups is 1. The number of nitrogens with zero attached hydrogens (tertiary/aromatic N) is 3. The summed E-state index contributed by atoms with van der Waals surface area (Å²) in [6.07, 6.45) is 2.58. The van der Waals surface area contributed by atoms with E-state index in [9.17, 15) is 4.79 Å². The predicted molar refractivity (Wildman–Crippen MR) is 103 cm³/mol. The second kappa shape index (κ2) is 6.06. The van der Waals surface area contributed by atoms with Crippen molar-refractivity contribution in [1.82, 2.24) is 14.1 Å². The molecule has 0 fully saturated rings. The Balaban J connectivity index is 2.07. The summed E-state index contributed by atoms with van der Waals surface area (Å²) in [6.45, 7) is 8.30. The smallest absolute Gasteiger partial charge is 0.162 e. The third-order valence-corrected chi connectivity index (χ3v) is 4.28. The first-order valence-electron chi connectivity index (χ1n) is 8.64. The molecule has 0 saturated heterocycles. The van der Waals surface area contributed by atoms with Gasteiger partial charge >= 0.3 is 0 Å². The van der Waals surface area contributed by atoms with Gasteiger partial charge < -0.3 is 14.5 Å². The third-order valence-electron chi connectivity index (χ3n) is 4.28. The Morgan fingerprint density at radius 3 is 2.56 bits per heavy atom. The number of fused-ring (bicyclic) bond motifs is 1. The van der Waals surface area contributed by atoms with Crippen LogP contribution in [0, 0.1) is 0 Å². The van der Waals surface area contributed by atoms with Crippen molar-refractivity contribution in [2.45, 2.75) is 39.7 Å². The number of aryl methyl sites for hydroxylation is 2. The molecule has 2 heterocycles. The fourth-order valence-electron chi connectivity index (χ4n) is 3.09. The molecular formula is C20H26N4O. The van der Waals surface area contributed by atoms with E-state index >= 15 is 0 Å². The standard InChI is InChI=1S/C20H26N4O/c1-7-18(25)13-8-9-16-15(10-13)21-19(24(16)6)17-11-14(12-23(17)5)22-20(2,3)4/h8-12,22H,7H2,1-6H3. The number of carbonyl (C=O) groups excluding carboxylic acids is 1. The number of hydrogen-bond donors (Lipinski definition) is 1. The van der Waals surface area contributed by atoms with Crippen LogP contribution >= 0.6 is 0 Å². The molecule has 0 spiro atoms. The number of Topliss-reactive ketones (excluding diaryl/α,β-unsaturated/α-hetero) is 1. The summed E-state index contributed by atoms with van der Waals surface area (Å²) in [5, 5.41) is 3.49. The highest BCUT2D eigenvalue weighted by Gasteiger charge is 2.17. The first-order valence-corrected chi connectivity index (χ1v) is 8.64. The van der Waals surface area contributed by atoms with Gasteiger partial charge in [-0.25, -0.2) is 4.98 Å². The van der Waals surface area contributed by atoms with E-state index < -0.39 is 0 Å². The van der Waals surface area contributed by atoms with Crippen LogP contribution in [-0.4, -0.2) is 25.4 Å². The number of rotatable bonds is 4. The first kappa shape index (κ1) is 17.3. The minimum atomic E-state index is 0.000386. The van der Waals surface area contributed by atoms with Crippen LogP contribution in [0.1, 0.15) is 44.5 Å². The summed E-state index contributed by atoms with van der Waals surface area (Å²) in [5.74, 6) is 1.03. The highest BCUT2D eigenvalue weighted by atomic mass is 16.1. The molecule has 0 bridgehead atoms. The largest absolute Gasteiger partial charge is 0.379 e. The number of ketones is 1. The molecule has 25 heavy (non-hydrogen) atoms. The van der Waals surface area contributed by atoms with Crippen molar-refractivity contribution in [3.05, 3.63) is 36.0 Å². The van der Waals surface area contributed by atoms with E-state index in [2.05, 4.69) is 47.5 Å². The maximum Gasteiger partial charge on any atom is 0.162 e. The van der Waals surface area contributed by atoms with Gasteiger partial charge in [-0.3, -0.25) is 4.79 Å². The van der Waals surface area contributed by atoms with Gasteiger partial charge in [0, 0.05) is 37.8 Å². The molecule has 0 aliphatic carbocycles. The number of aromatic nitrogens is 3. The Morgan fingerprint density at radius 2 is 1.92 bits per heavy atom. The highest BCUT2D eigenvalue weighted by Crippen LogP contribution is 2.28. The van der Waals surface area contributed by atoms with Crippen LogP contribution in [0.15, 0.2) is 30.5 Å². The summed E-state index contributed by atoms with van der Waals surface area (Å²) < 4.78 is 4.15. The minimum absolute atomic E-state index is 0.000386. The van der Waals surface area contributed by atoms with E-state index in [-0.39, 0.29) is 11.3 Å². The van der Waals surface area contributed by atoms with Crippen LogP contribution in [0.4, 0.5) is 5.69 Å². The molecule has 0 unspecified atom stereocenters. The molecule has 1 N–H and O–H groups in total. The summed E-state index contributed by atoms with van der Waals surface area (Å²) in [5.41, 5.74) is 4.70. The van der Waals surface area contributed by atoms with E-state index in [1.165, 1.54) is 0 Å². The minimum Gasteiger partial charge on any atom is -0.379 e. The summed E-state index contributed by atoms with van der Waals surface area (Å²) >= 11 is 0. The quantitative estimate of drug-likeness (QED) is 0.718. The SMILES string of the molecule is CCC(=O)c1ccc2c(c1)nc(-c1cc(NC(C)(C)C)cn1C)n2C. The third kappa shape index (κ3) is 3.31. The molecule has 3 rings (SSSR count). The zero-order chi connectivity index (χ0) is 18.4. The zero-order valence-corrected chi connectivity index (χ0v) is 15.8. The van der Waals surface area contributed by atoms with Crippen molar-refractivity contribution in [2.24, 2.45) is 14.1 Å². The van der Waals surface area contributed by atoms with Crippen molar-refractivity contribution in [3.8, 4) is 11.5 Å². The lowest BCUT2D eigenvalue weighted by Gasteiger charge is -2.20. The molecule has 0 atom stereocenters. The molecule has 5 nitrogen and oxygen atoms in total. The van der Waals surface area contributed by atoms with Crippen LogP contribution < -0.4 is 5.32 Å². The van der Waals surface area contributed by atoms with Gasteiger partial charge in [-0.05, 0) is 45.0 Å². The van der Waals surface area contributed by atoms with E-state index in [4.69, 9.17) is 4.98 Å². The Labute approximate surface area is 148 Å². The number of benzene rings is 1. The molecule has 5 heteroatoms. The molecule has 1 aromatic carbocycles. The van der Waals surface area contributed by atoms with Crippen molar-refractivity contribution in [2.75, 3.05) is 5.32 Å².